The summed E-state index contributed by atoms with van der Waals surface area (Å²) in [4.78, 5) is 11.3. The summed E-state index contributed by atoms with van der Waals surface area (Å²) in [5, 5.41) is 15.1. The van der Waals surface area contributed by atoms with Gasteiger partial charge < -0.3 is 15.3 Å². The van der Waals surface area contributed by atoms with Gasteiger partial charge in [-0.05, 0) is 30.7 Å². The van der Waals surface area contributed by atoms with Gasteiger partial charge in [-0.3, -0.25) is 4.79 Å². The third-order valence-electron chi connectivity index (χ3n) is 5.00. The fraction of sp³-hybridized carbons (Fsp3) is 0.120. The fourth-order valence-corrected chi connectivity index (χ4v) is 3.49. The Bertz CT molecular complexity index is 1060. The first-order chi connectivity index (χ1) is 14.7. The van der Waals surface area contributed by atoms with Crippen LogP contribution in [0.3, 0.4) is 0 Å². The number of carbonyl (C=O) groups excluding carboxylic acids is 1. The number of benzene rings is 3. The smallest absolute Gasteiger partial charge is 0.172 e. The summed E-state index contributed by atoms with van der Waals surface area (Å²) in [6, 6.07) is 23.2. The van der Waals surface area contributed by atoms with Gasteiger partial charge in [0.1, 0.15) is 11.5 Å². The number of aldehydes is 1. The molecule has 3 aromatic rings. The average molecular weight is 398 g/mol. The number of hydrogen-bond acceptors (Lipinski definition) is 5. The number of ether oxygens (including phenoxy) is 1. The average Bonchev–Trinajstić information content (AvgIpc) is 2.79. The molecular formula is C25H22N2O3. The van der Waals surface area contributed by atoms with Gasteiger partial charge >= 0.3 is 0 Å². The molecule has 1 heterocycles. The molecule has 1 unspecified atom stereocenters. The number of hydrazone groups is 1. The molecule has 5 nitrogen and oxygen atoms in total. The second kappa shape index (κ2) is 8.66. The topological polar surface area (TPSA) is 70.9 Å². The van der Waals surface area contributed by atoms with Gasteiger partial charge in [-0.1, -0.05) is 60.7 Å². The van der Waals surface area contributed by atoms with Crippen LogP contribution in [0.1, 0.15) is 29.2 Å². The number of nitrogens with one attached hydrogen (secondary N) is 1. The zero-order valence-electron chi connectivity index (χ0n) is 16.6. The second-order valence-electron chi connectivity index (χ2n) is 7.04. The van der Waals surface area contributed by atoms with Crippen LogP contribution in [-0.4, -0.2) is 23.2 Å². The molecule has 0 spiro atoms. The normalized spacial score (nSPS) is 14.7. The molecule has 0 saturated carbocycles. The minimum Gasteiger partial charge on any atom is -0.507 e. The lowest BCUT2D eigenvalue weighted by Gasteiger charge is -2.24. The van der Waals surface area contributed by atoms with E-state index < -0.39 is 6.10 Å². The number of nitrogens with zero attached hydrogens (tertiary/aromatic N) is 1. The molecule has 4 rings (SSSR count). The molecule has 0 fully saturated rings. The maximum atomic E-state index is 11.3. The molecule has 2 N–H and O–H groups in total. The monoisotopic (exact) mass is 398 g/mol. The van der Waals surface area contributed by atoms with Crippen LogP contribution in [0.25, 0.3) is 5.57 Å². The van der Waals surface area contributed by atoms with Crippen LogP contribution in [0.15, 0.2) is 84.0 Å². The fourth-order valence-electron chi connectivity index (χ4n) is 3.49. The first-order valence-electron chi connectivity index (χ1n) is 9.74. The van der Waals surface area contributed by atoms with Gasteiger partial charge in [-0.25, -0.2) is 0 Å². The number of phenolic OH excluding ortho intramolecular Hbond substituents is 1. The lowest BCUT2D eigenvalue weighted by Crippen LogP contribution is -2.22. The largest absolute Gasteiger partial charge is 0.507 e. The molecular weight excluding hydrogens is 376 g/mol. The standard InChI is InChI=1S/C25H22N2O3/c1-17-14-20(16-28)30-25-21(17)12-13-23(29)22(25)15-26-27-24(18-8-4-2-5-9-18)19-10-6-3-7-11-19/h2-14,16,20,26,29H,15H2,1H3. The molecule has 1 atom stereocenters. The molecule has 0 saturated heterocycles. The molecule has 0 aliphatic carbocycles. The molecule has 5 heteroatoms. The summed E-state index contributed by atoms with van der Waals surface area (Å²) in [7, 11) is 0. The number of hydrogen-bond donors (Lipinski definition) is 2. The highest BCUT2D eigenvalue weighted by Gasteiger charge is 2.23. The van der Waals surface area contributed by atoms with Crippen molar-refractivity contribution in [3.8, 4) is 11.5 Å². The highest BCUT2D eigenvalue weighted by Crippen LogP contribution is 2.38. The SMILES string of the molecule is CC1=CC(C=O)Oc2c1ccc(O)c2CNN=C(c1ccccc1)c1ccccc1. The van der Waals surface area contributed by atoms with Crippen molar-refractivity contribution in [2.24, 2.45) is 5.10 Å². The van der Waals surface area contributed by atoms with Crippen molar-refractivity contribution in [3.05, 3.63) is 101 Å². The Hall–Kier alpha value is -3.86. The molecule has 150 valence electrons. The Balaban J connectivity index is 1.66. The van der Waals surface area contributed by atoms with Crippen molar-refractivity contribution in [1.29, 1.82) is 0 Å². The third kappa shape index (κ3) is 3.96. The lowest BCUT2D eigenvalue weighted by atomic mass is 9.98. The van der Waals surface area contributed by atoms with E-state index in [1.165, 1.54) is 0 Å². The van der Waals surface area contributed by atoms with E-state index >= 15 is 0 Å². The van der Waals surface area contributed by atoms with E-state index in [1.54, 1.807) is 18.2 Å². The molecule has 1 aliphatic rings. The quantitative estimate of drug-likeness (QED) is 0.369. The van der Waals surface area contributed by atoms with Crippen molar-refractivity contribution >= 4 is 17.6 Å². The molecule has 0 radical (unpaired) electrons. The molecule has 30 heavy (non-hydrogen) atoms. The van der Waals surface area contributed by atoms with Crippen LogP contribution in [0.4, 0.5) is 0 Å². The molecule has 0 bridgehead atoms. The van der Waals surface area contributed by atoms with E-state index in [0.717, 1.165) is 34.3 Å². The number of allylic oxidation sites excluding steroid dienone is 1. The van der Waals surface area contributed by atoms with Crippen molar-refractivity contribution < 1.29 is 14.6 Å². The van der Waals surface area contributed by atoms with E-state index in [1.807, 2.05) is 67.6 Å². The van der Waals surface area contributed by atoms with Crippen molar-refractivity contribution in [1.82, 2.24) is 5.43 Å². The van der Waals surface area contributed by atoms with Crippen LogP contribution in [0, 0.1) is 0 Å². The summed E-state index contributed by atoms with van der Waals surface area (Å²) in [5.74, 6) is 0.604. The Morgan fingerprint density at radius 3 is 2.27 bits per heavy atom. The first kappa shape index (κ1) is 19.5. The Morgan fingerprint density at radius 2 is 1.67 bits per heavy atom. The predicted octanol–water partition coefficient (Wildman–Crippen LogP) is 4.30. The van der Waals surface area contributed by atoms with E-state index in [9.17, 15) is 9.90 Å². The minimum atomic E-state index is -0.661. The van der Waals surface area contributed by atoms with Crippen LogP contribution < -0.4 is 10.2 Å². The molecule has 3 aromatic carbocycles. The van der Waals surface area contributed by atoms with Gasteiger partial charge in [0.2, 0.25) is 0 Å². The van der Waals surface area contributed by atoms with Gasteiger partial charge in [0.05, 0.1) is 17.8 Å². The van der Waals surface area contributed by atoms with Crippen molar-refractivity contribution in [2.75, 3.05) is 0 Å². The van der Waals surface area contributed by atoms with Gasteiger partial charge in [0.25, 0.3) is 0 Å². The lowest BCUT2D eigenvalue weighted by molar-refractivity contribution is -0.112. The third-order valence-corrected chi connectivity index (χ3v) is 5.00. The van der Waals surface area contributed by atoms with Crippen LogP contribution in [0.2, 0.25) is 0 Å². The summed E-state index contributed by atoms with van der Waals surface area (Å²) >= 11 is 0. The van der Waals surface area contributed by atoms with E-state index in [0.29, 0.717) is 11.3 Å². The van der Waals surface area contributed by atoms with E-state index in [-0.39, 0.29) is 12.3 Å². The van der Waals surface area contributed by atoms with Crippen LogP contribution >= 0.6 is 0 Å². The number of phenols is 1. The molecule has 1 aliphatic heterocycles. The Labute approximate surface area is 175 Å². The predicted molar refractivity (Wildman–Crippen MR) is 118 cm³/mol. The second-order valence-corrected chi connectivity index (χ2v) is 7.04. The number of rotatable bonds is 6. The summed E-state index contributed by atoms with van der Waals surface area (Å²) < 4.78 is 5.80. The number of aromatic hydroxyl groups is 1. The molecule has 0 amide bonds. The van der Waals surface area contributed by atoms with Gasteiger partial charge in [-0.15, -0.1) is 0 Å². The zero-order chi connectivity index (χ0) is 20.9. The Kier molecular flexibility index (Phi) is 5.61. The van der Waals surface area contributed by atoms with Gasteiger partial charge in [-0.2, -0.15) is 5.10 Å². The highest BCUT2D eigenvalue weighted by atomic mass is 16.5. The summed E-state index contributed by atoms with van der Waals surface area (Å²) in [6.45, 7) is 2.17. The maximum Gasteiger partial charge on any atom is 0.172 e. The molecule has 0 aromatic heterocycles. The minimum absolute atomic E-state index is 0.0942. The van der Waals surface area contributed by atoms with Gasteiger partial charge in [0, 0.05) is 16.7 Å². The maximum absolute atomic E-state index is 11.3. The van der Waals surface area contributed by atoms with Crippen LogP contribution in [0.5, 0.6) is 11.5 Å². The first-order valence-corrected chi connectivity index (χ1v) is 9.74. The zero-order valence-corrected chi connectivity index (χ0v) is 16.6. The summed E-state index contributed by atoms with van der Waals surface area (Å²) in [5.41, 5.74) is 8.19. The van der Waals surface area contributed by atoms with Gasteiger partial charge in [0.15, 0.2) is 12.4 Å². The van der Waals surface area contributed by atoms with Crippen molar-refractivity contribution in [2.45, 2.75) is 19.6 Å². The highest BCUT2D eigenvalue weighted by molar-refractivity contribution is 6.12. The number of carbonyl (C=O) groups is 1. The van der Waals surface area contributed by atoms with E-state index in [4.69, 9.17) is 4.74 Å². The van der Waals surface area contributed by atoms with Crippen LogP contribution in [-0.2, 0) is 11.3 Å². The summed E-state index contributed by atoms with van der Waals surface area (Å²) in [6.07, 6.45) is 1.85. The number of fused-ring (bicyclic) bond motifs is 1. The van der Waals surface area contributed by atoms with E-state index in [2.05, 4.69) is 10.5 Å². The Morgan fingerprint density at radius 1 is 1.03 bits per heavy atom. The van der Waals surface area contributed by atoms with Crippen molar-refractivity contribution in [3.63, 3.8) is 0 Å².